The summed E-state index contributed by atoms with van der Waals surface area (Å²) in [7, 11) is 4.09. The summed E-state index contributed by atoms with van der Waals surface area (Å²) in [6, 6.07) is 10.5. The van der Waals surface area contributed by atoms with Gasteiger partial charge in [-0.25, -0.2) is 0 Å². The van der Waals surface area contributed by atoms with Gasteiger partial charge in [0, 0.05) is 12.6 Å². The predicted molar refractivity (Wildman–Crippen MR) is 86.0 cm³/mol. The first-order valence-corrected chi connectivity index (χ1v) is 7.76. The molecule has 0 bridgehead atoms. The Morgan fingerprint density at radius 3 is 2.57 bits per heavy atom. The van der Waals surface area contributed by atoms with Crippen LogP contribution in [0.25, 0.3) is 0 Å². The van der Waals surface area contributed by atoms with Crippen LogP contribution in [0.2, 0.25) is 0 Å². The zero-order chi connectivity index (χ0) is 15.4. The SMILES string of the molecule is CC(CN(C)C)N1C(=O)C(CCc2ccccc2)NC1C. The first kappa shape index (κ1) is 16.0. The van der Waals surface area contributed by atoms with Crippen molar-refractivity contribution in [3.8, 4) is 0 Å². The number of amides is 1. The molecule has 1 aromatic rings. The molecular weight excluding hydrogens is 262 g/mol. The van der Waals surface area contributed by atoms with Gasteiger partial charge < -0.3 is 9.80 Å². The van der Waals surface area contributed by atoms with Gasteiger partial charge in [-0.05, 0) is 46.3 Å². The molecule has 0 spiro atoms. The number of hydrogen-bond donors (Lipinski definition) is 1. The summed E-state index contributed by atoms with van der Waals surface area (Å²) in [6.07, 6.45) is 1.92. The maximum atomic E-state index is 12.6. The highest BCUT2D eigenvalue weighted by molar-refractivity contribution is 5.84. The Kier molecular flexibility index (Phi) is 5.37. The molecule has 3 atom stereocenters. The fourth-order valence-electron chi connectivity index (χ4n) is 3.19. The number of hydrogen-bond acceptors (Lipinski definition) is 3. The smallest absolute Gasteiger partial charge is 0.241 e. The molecule has 21 heavy (non-hydrogen) atoms. The molecule has 1 amide bonds. The number of carbonyl (C=O) groups excluding carboxylic acids is 1. The van der Waals surface area contributed by atoms with Gasteiger partial charge in [-0.2, -0.15) is 0 Å². The van der Waals surface area contributed by atoms with E-state index in [0.29, 0.717) is 0 Å². The maximum absolute atomic E-state index is 12.6. The molecular formula is C17H27N3O. The molecule has 3 unspecified atom stereocenters. The third-order valence-corrected chi connectivity index (χ3v) is 4.08. The van der Waals surface area contributed by atoms with E-state index in [0.717, 1.165) is 19.4 Å². The Morgan fingerprint density at radius 2 is 1.95 bits per heavy atom. The lowest BCUT2D eigenvalue weighted by atomic mass is 10.1. The fourth-order valence-corrected chi connectivity index (χ4v) is 3.19. The van der Waals surface area contributed by atoms with Crippen molar-refractivity contribution in [3.05, 3.63) is 35.9 Å². The highest BCUT2D eigenvalue weighted by atomic mass is 16.2. The van der Waals surface area contributed by atoms with Crippen LogP contribution in [0.5, 0.6) is 0 Å². The molecule has 1 heterocycles. The van der Waals surface area contributed by atoms with Gasteiger partial charge in [0.25, 0.3) is 0 Å². The Morgan fingerprint density at radius 1 is 1.29 bits per heavy atom. The monoisotopic (exact) mass is 289 g/mol. The van der Waals surface area contributed by atoms with Gasteiger partial charge in [0.15, 0.2) is 0 Å². The van der Waals surface area contributed by atoms with Crippen molar-refractivity contribution in [2.45, 2.75) is 44.9 Å². The van der Waals surface area contributed by atoms with E-state index < -0.39 is 0 Å². The van der Waals surface area contributed by atoms with Gasteiger partial charge in [0.1, 0.15) is 0 Å². The summed E-state index contributed by atoms with van der Waals surface area (Å²) < 4.78 is 0. The molecule has 0 saturated carbocycles. The zero-order valence-electron chi connectivity index (χ0n) is 13.5. The average molecular weight is 289 g/mol. The Labute approximate surface area is 128 Å². The van der Waals surface area contributed by atoms with E-state index in [9.17, 15) is 4.79 Å². The van der Waals surface area contributed by atoms with E-state index >= 15 is 0 Å². The van der Waals surface area contributed by atoms with Crippen LogP contribution in [0.4, 0.5) is 0 Å². The molecule has 116 valence electrons. The molecule has 4 nitrogen and oxygen atoms in total. The van der Waals surface area contributed by atoms with E-state index in [2.05, 4.69) is 36.2 Å². The molecule has 1 fully saturated rings. The molecule has 1 aliphatic heterocycles. The number of carbonyl (C=O) groups is 1. The van der Waals surface area contributed by atoms with Crippen molar-refractivity contribution in [2.24, 2.45) is 0 Å². The van der Waals surface area contributed by atoms with Gasteiger partial charge in [-0.1, -0.05) is 30.3 Å². The number of benzene rings is 1. The van der Waals surface area contributed by atoms with E-state index in [1.165, 1.54) is 5.56 Å². The number of aryl methyl sites for hydroxylation is 1. The lowest BCUT2D eigenvalue weighted by Gasteiger charge is -2.30. The minimum absolute atomic E-state index is 0.0511. The predicted octanol–water partition coefficient (Wildman–Crippen LogP) is 1.72. The summed E-state index contributed by atoms with van der Waals surface area (Å²) in [5, 5.41) is 3.44. The van der Waals surface area contributed by atoms with Crippen LogP contribution >= 0.6 is 0 Å². The van der Waals surface area contributed by atoms with Gasteiger partial charge in [-0.15, -0.1) is 0 Å². The van der Waals surface area contributed by atoms with Crippen molar-refractivity contribution >= 4 is 5.91 Å². The average Bonchev–Trinajstić information content (AvgIpc) is 2.71. The third kappa shape index (κ3) is 4.05. The quantitative estimate of drug-likeness (QED) is 0.866. The summed E-state index contributed by atoms with van der Waals surface area (Å²) in [5.74, 6) is 0.243. The standard InChI is InChI=1S/C17H27N3O/c1-13(12-19(3)4)20-14(2)18-16(17(20)21)11-10-15-8-6-5-7-9-15/h5-9,13-14,16,18H,10-12H2,1-4H3. The molecule has 0 radical (unpaired) electrons. The molecule has 1 N–H and O–H groups in total. The van der Waals surface area contributed by atoms with Crippen LogP contribution in [-0.4, -0.2) is 54.6 Å². The minimum Gasteiger partial charge on any atom is -0.322 e. The van der Waals surface area contributed by atoms with Crippen molar-refractivity contribution in [1.82, 2.24) is 15.1 Å². The Balaban J connectivity index is 1.93. The second-order valence-corrected chi connectivity index (χ2v) is 6.28. The summed E-state index contributed by atoms with van der Waals surface area (Å²) in [4.78, 5) is 16.7. The van der Waals surface area contributed by atoms with Crippen LogP contribution in [-0.2, 0) is 11.2 Å². The largest absolute Gasteiger partial charge is 0.322 e. The highest BCUT2D eigenvalue weighted by Crippen LogP contribution is 2.18. The zero-order valence-corrected chi connectivity index (χ0v) is 13.5. The normalized spacial score (nSPS) is 23.9. The molecule has 2 rings (SSSR count). The molecule has 4 heteroatoms. The molecule has 1 saturated heterocycles. The Bertz CT molecular complexity index is 460. The van der Waals surface area contributed by atoms with Gasteiger partial charge in [0.2, 0.25) is 5.91 Å². The lowest BCUT2D eigenvalue weighted by molar-refractivity contribution is -0.132. The first-order chi connectivity index (χ1) is 9.99. The topological polar surface area (TPSA) is 35.6 Å². The van der Waals surface area contributed by atoms with Crippen LogP contribution in [0.15, 0.2) is 30.3 Å². The number of likely N-dealkylation sites (N-methyl/N-ethyl adjacent to an activating group) is 1. The van der Waals surface area contributed by atoms with Crippen molar-refractivity contribution in [1.29, 1.82) is 0 Å². The summed E-state index contributed by atoms with van der Waals surface area (Å²) in [6.45, 7) is 5.09. The summed E-state index contributed by atoms with van der Waals surface area (Å²) >= 11 is 0. The first-order valence-electron chi connectivity index (χ1n) is 7.76. The van der Waals surface area contributed by atoms with Gasteiger partial charge in [-0.3, -0.25) is 10.1 Å². The van der Waals surface area contributed by atoms with Gasteiger partial charge >= 0.3 is 0 Å². The van der Waals surface area contributed by atoms with Crippen molar-refractivity contribution in [2.75, 3.05) is 20.6 Å². The Hall–Kier alpha value is -1.39. The van der Waals surface area contributed by atoms with E-state index in [1.807, 2.05) is 37.2 Å². The minimum atomic E-state index is -0.0511. The van der Waals surface area contributed by atoms with E-state index in [1.54, 1.807) is 0 Å². The third-order valence-electron chi connectivity index (χ3n) is 4.08. The molecule has 1 aliphatic rings. The second kappa shape index (κ2) is 7.05. The molecule has 1 aromatic carbocycles. The highest BCUT2D eigenvalue weighted by Gasteiger charge is 2.38. The lowest BCUT2D eigenvalue weighted by Crippen LogP contribution is -2.46. The van der Waals surface area contributed by atoms with E-state index in [-0.39, 0.29) is 24.2 Å². The van der Waals surface area contributed by atoms with Gasteiger partial charge in [0.05, 0.1) is 12.2 Å². The van der Waals surface area contributed by atoms with Crippen LogP contribution < -0.4 is 5.32 Å². The molecule has 0 aliphatic carbocycles. The maximum Gasteiger partial charge on any atom is 0.241 e. The van der Waals surface area contributed by atoms with Crippen molar-refractivity contribution in [3.63, 3.8) is 0 Å². The number of rotatable bonds is 6. The van der Waals surface area contributed by atoms with Crippen LogP contribution in [0.1, 0.15) is 25.8 Å². The van der Waals surface area contributed by atoms with Crippen molar-refractivity contribution < 1.29 is 4.79 Å². The van der Waals surface area contributed by atoms with Crippen LogP contribution in [0, 0.1) is 0 Å². The second-order valence-electron chi connectivity index (χ2n) is 6.28. The molecule has 0 aromatic heterocycles. The number of nitrogens with one attached hydrogen (secondary N) is 1. The summed E-state index contributed by atoms with van der Waals surface area (Å²) in [5.41, 5.74) is 1.29. The number of nitrogens with zero attached hydrogens (tertiary/aromatic N) is 2. The fraction of sp³-hybridized carbons (Fsp3) is 0.588. The van der Waals surface area contributed by atoms with Crippen LogP contribution in [0.3, 0.4) is 0 Å². The van der Waals surface area contributed by atoms with E-state index in [4.69, 9.17) is 0 Å².